The van der Waals surface area contributed by atoms with E-state index in [2.05, 4.69) is 10.6 Å². The van der Waals surface area contributed by atoms with Crippen molar-refractivity contribution in [1.29, 1.82) is 0 Å². The highest BCUT2D eigenvalue weighted by Crippen LogP contribution is 2.31. The summed E-state index contributed by atoms with van der Waals surface area (Å²) in [4.78, 5) is 116. The Morgan fingerprint density at radius 2 is 0.973 bits per heavy atom. The Labute approximate surface area is 412 Å². The number of nitro benzene ring substituents is 4. The van der Waals surface area contributed by atoms with Crippen molar-refractivity contribution in [2.75, 3.05) is 0 Å². The number of non-ortho nitro benzene ring substituents is 4. The maximum atomic E-state index is 13.4. The Kier molecular flexibility index (Phi) is 18.6. The molecule has 0 heterocycles. The maximum Gasteiger partial charge on any atom is 0.326 e. The number of aliphatic carboxylic acids is 2. The van der Waals surface area contributed by atoms with Crippen molar-refractivity contribution in [3.05, 3.63) is 231 Å². The van der Waals surface area contributed by atoms with Crippen LogP contribution in [0.2, 0.25) is 0 Å². The lowest BCUT2D eigenvalue weighted by molar-refractivity contribution is -0.394. The minimum atomic E-state index is -1.22. The van der Waals surface area contributed by atoms with Crippen LogP contribution in [0.4, 0.5) is 22.7 Å². The normalized spacial score (nSPS) is 12.2. The first-order chi connectivity index (χ1) is 34.7. The molecule has 0 bridgehead atoms. The van der Waals surface area contributed by atoms with Crippen molar-refractivity contribution in [2.24, 2.45) is 5.73 Å². The zero-order valence-corrected chi connectivity index (χ0v) is 38.0. The van der Waals surface area contributed by atoms with Crippen molar-refractivity contribution in [2.45, 2.75) is 49.7 Å². The first kappa shape index (κ1) is 54.0. The number of carboxylic acid groups (broad SMARTS) is 2. The molecule has 0 spiro atoms. The average Bonchev–Trinajstić information content (AvgIpc) is 3.37. The molecule has 0 saturated carbocycles. The molecule has 0 unspecified atom stereocenters. The van der Waals surface area contributed by atoms with Crippen LogP contribution in [0.15, 0.2) is 152 Å². The van der Waals surface area contributed by atoms with Gasteiger partial charge in [0.2, 0.25) is 11.8 Å². The number of carboxylic acids is 2. The van der Waals surface area contributed by atoms with Crippen molar-refractivity contribution in [3.63, 3.8) is 0 Å². The van der Waals surface area contributed by atoms with E-state index in [9.17, 15) is 79.4 Å². The van der Waals surface area contributed by atoms with Gasteiger partial charge in [0.15, 0.2) is 11.6 Å². The Hall–Kier alpha value is -9.90. The summed E-state index contributed by atoms with van der Waals surface area (Å²) in [6.45, 7) is 0. The molecule has 6 rings (SSSR count). The van der Waals surface area contributed by atoms with E-state index in [-0.39, 0.29) is 29.5 Å². The molecule has 6 N–H and O–H groups in total. The van der Waals surface area contributed by atoms with Gasteiger partial charge >= 0.3 is 11.9 Å². The molecule has 0 aliphatic rings. The van der Waals surface area contributed by atoms with Crippen molar-refractivity contribution < 1.29 is 58.7 Å². The number of ketones is 2. The molecular formula is C50H43N7O16. The zero-order valence-electron chi connectivity index (χ0n) is 38.0. The van der Waals surface area contributed by atoms with Gasteiger partial charge in [0, 0.05) is 53.8 Å². The van der Waals surface area contributed by atoms with Crippen LogP contribution < -0.4 is 16.4 Å². The third-order valence-electron chi connectivity index (χ3n) is 10.9. The SMILES string of the molecule is N[C@@H](Cc1cccc(C(=O)c2cc([N+](=O)[O-])cc([N+](=O)[O-])c2)c1)C(=O)N[C@@H](Cc1ccccc1)C(=O)O.O=C(O)C[C@H](NC(=O)C[C@H](C(=O)c1cc([N+](=O)[O-])cc([N+](=O)[O-])c1)c1ccccc1)c1ccccc1. The number of rotatable bonds is 22. The molecule has 0 aliphatic heterocycles. The molecule has 0 saturated heterocycles. The minimum Gasteiger partial charge on any atom is -0.481 e. The van der Waals surface area contributed by atoms with Crippen LogP contribution in [0.25, 0.3) is 0 Å². The molecule has 4 atom stereocenters. The molecular weight excluding hydrogens is 955 g/mol. The van der Waals surface area contributed by atoms with Gasteiger partial charge in [-0.3, -0.25) is 64.4 Å². The lowest BCUT2D eigenvalue weighted by Gasteiger charge is -2.20. The number of carbonyl (C=O) groups excluding carboxylic acids is 4. The lowest BCUT2D eigenvalue weighted by Crippen LogP contribution is -2.50. The van der Waals surface area contributed by atoms with Gasteiger partial charge in [0.25, 0.3) is 22.7 Å². The van der Waals surface area contributed by atoms with Crippen LogP contribution in [0, 0.1) is 40.5 Å². The highest BCUT2D eigenvalue weighted by atomic mass is 16.6. The Balaban J connectivity index is 0.000000271. The van der Waals surface area contributed by atoms with Crippen molar-refractivity contribution in [1.82, 2.24) is 10.6 Å². The Morgan fingerprint density at radius 1 is 0.507 bits per heavy atom. The fraction of sp³-hybridized carbons (Fsp3) is 0.160. The standard InChI is InChI=1S/C25H22N4O8.C25H21N3O8/c26-21(24(31)27-22(25(32)33)11-15-5-2-1-3-6-15)10-16-7-4-8-17(9-16)23(30)18-12-19(28(34)35)14-20(13-18)29(36)37;29-23(26-22(15-24(30)31)17-9-5-2-6-10-17)14-21(16-7-3-1-4-8-16)25(32)18-11-19(27(33)34)13-20(12-18)28(35)36/h1-9,12-14,21-22H,10-11,26H2,(H,27,31)(H,32,33);1-13,21-22H,14-15H2,(H,26,29)(H,30,31)/t2*21-,22-/m00/s1. The zero-order chi connectivity index (χ0) is 53.4. The van der Waals surface area contributed by atoms with E-state index < -0.39 is 115 Å². The number of nitro groups is 4. The third kappa shape index (κ3) is 15.6. The van der Waals surface area contributed by atoms with Crippen LogP contribution in [-0.4, -0.2) is 77.3 Å². The van der Waals surface area contributed by atoms with Gasteiger partial charge in [-0.2, -0.15) is 0 Å². The molecule has 0 fully saturated rings. The highest BCUT2D eigenvalue weighted by Gasteiger charge is 2.30. The minimum absolute atomic E-state index is 0.0419. The smallest absolute Gasteiger partial charge is 0.326 e. The Bertz CT molecular complexity index is 3000. The molecule has 23 heteroatoms. The van der Waals surface area contributed by atoms with E-state index in [1.165, 1.54) is 18.2 Å². The molecule has 0 aromatic heterocycles. The molecule has 0 aliphatic carbocycles. The second kappa shape index (κ2) is 25.1. The number of nitrogens with two attached hydrogens (primary N) is 1. The van der Waals surface area contributed by atoms with E-state index in [4.69, 9.17) is 5.73 Å². The molecule has 0 radical (unpaired) electrons. The summed E-state index contributed by atoms with van der Waals surface area (Å²) < 4.78 is 0. The topological polar surface area (TPSA) is 366 Å². The predicted octanol–water partition coefficient (Wildman–Crippen LogP) is 6.61. The van der Waals surface area contributed by atoms with Gasteiger partial charge in [0.1, 0.15) is 6.04 Å². The van der Waals surface area contributed by atoms with Crippen LogP contribution >= 0.6 is 0 Å². The monoisotopic (exact) mass is 997 g/mol. The number of hydrogen-bond donors (Lipinski definition) is 5. The molecule has 6 aromatic carbocycles. The van der Waals surface area contributed by atoms with E-state index in [1.807, 2.05) is 0 Å². The lowest BCUT2D eigenvalue weighted by atomic mass is 9.87. The number of benzene rings is 6. The van der Waals surface area contributed by atoms with Gasteiger partial charge in [-0.1, -0.05) is 109 Å². The van der Waals surface area contributed by atoms with Crippen molar-refractivity contribution in [3.8, 4) is 0 Å². The molecule has 374 valence electrons. The molecule has 6 aromatic rings. The highest BCUT2D eigenvalue weighted by molar-refractivity contribution is 6.10. The van der Waals surface area contributed by atoms with Crippen LogP contribution in [0.1, 0.15) is 73.3 Å². The third-order valence-corrected chi connectivity index (χ3v) is 10.9. The van der Waals surface area contributed by atoms with Gasteiger partial charge in [-0.05, 0) is 34.7 Å². The second-order valence-corrected chi connectivity index (χ2v) is 16.1. The summed E-state index contributed by atoms with van der Waals surface area (Å²) in [7, 11) is 0. The van der Waals surface area contributed by atoms with Gasteiger partial charge in [0.05, 0.1) is 56.2 Å². The number of nitrogens with one attached hydrogen (secondary N) is 2. The summed E-state index contributed by atoms with van der Waals surface area (Å²) in [6, 6.07) is 33.4. The number of amides is 2. The molecule has 23 nitrogen and oxygen atoms in total. The Morgan fingerprint density at radius 3 is 1.45 bits per heavy atom. The van der Waals surface area contributed by atoms with E-state index in [1.54, 1.807) is 97.1 Å². The number of carbonyl (C=O) groups is 6. The fourth-order valence-corrected chi connectivity index (χ4v) is 7.37. The number of hydrogen-bond acceptors (Lipinski definition) is 15. The van der Waals surface area contributed by atoms with Crippen LogP contribution in [0.5, 0.6) is 0 Å². The number of Topliss-reactive ketones (excluding diaryl/α,β-unsaturated/α-hetero) is 1. The molecule has 2 amide bonds. The largest absolute Gasteiger partial charge is 0.481 e. The second-order valence-electron chi connectivity index (χ2n) is 16.1. The fourth-order valence-electron chi connectivity index (χ4n) is 7.37. The summed E-state index contributed by atoms with van der Waals surface area (Å²) >= 11 is 0. The quantitative estimate of drug-likeness (QED) is 0.0271. The summed E-state index contributed by atoms with van der Waals surface area (Å²) in [5, 5.41) is 68.6. The maximum absolute atomic E-state index is 13.4. The van der Waals surface area contributed by atoms with Gasteiger partial charge in [-0.25, -0.2) is 4.79 Å². The summed E-state index contributed by atoms with van der Waals surface area (Å²) in [5.41, 5.74) is 5.23. The van der Waals surface area contributed by atoms with E-state index in [0.717, 1.165) is 42.0 Å². The van der Waals surface area contributed by atoms with E-state index >= 15 is 0 Å². The average molecular weight is 998 g/mol. The van der Waals surface area contributed by atoms with E-state index in [0.29, 0.717) is 16.7 Å². The van der Waals surface area contributed by atoms with Crippen LogP contribution in [0.3, 0.4) is 0 Å². The summed E-state index contributed by atoms with van der Waals surface area (Å²) in [5.74, 6) is -6.24. The van der Waals surface area contributed by atoms with Gasteiger partial charge in [-0.15, -0.1) is 0 Å². The molecule has 73 heavy (non-hydrogen) atoms. The first-order valence-corrected chi connectivity index (χ1v) is 21.7. The summed E-state index contributed by atoms with van der Waals surface area (Å²) in [6.07, 6.45) is -0.785. The van der Waals surface area contributed by atoms with Crippen molar-refractivity contribution >= 4 is 58.1 Å². The van der Waals surface area contributed by atoms with Crippen LogP contribution in [-0.2, 0) is 32.0 Å². The number of nitrogens with zero attached hydrogens (tertiary/aromatic N) is 4. The first-order valence-electron chi connectivity index (χ1n) is 21.7. The predicted molar refractivity (Wildman–Crippen MR) is 258 cm³/mol. The van der Waals surface area contributed by atoms with Gasteiger partial charge < -0.3 is 26.6 Å².